The van der Waals surface area contributed by atoms with Crippen LogP contribution in [0.3, 0.4) is 0 Å². The van der Waals surface area contributed by atoms with Crippen LogP contribution in [-0.2, 0) is 38.8 Å². The number of hydrogen-bond acceptors (Lipinski definition) is 11. The van der Waals surface area contributed by atoms with Crippen molar-refractivity contribution in [2.75, 3.05) is 66.5 Å². The van der Waals surface area contributed by atoms with E-state index in [4.69, 9.17) is 25.7 Å². The van der Waals surface area contributed by atoms with Gasteiger partial charge in [-0.3, -0.25) is 19.2 Å². The van der Waals surface area contributed by atoms with Crippen molar-refractivity contribution in [1.82, 2.24) is 30.9 Å². The average Bonchev–Trinajstić information content (AvgIpc) is 4.13. The highest BCUT2D eigenvalue weighted by Gasteiger charge is 2.34. The third-order valence-electron chi connectivity index (χ3n) is 13.6. The molecule has 1 aliphatic carbocycles. The van der Waals surface area contributed by atoms with E-state index < -0.39 is 17.4 Å². The fourth-order valence-corrected chi connectivity index (χ4v) is 9.18. The molecule has 0 spiro atoms. The molecule has 406 valence electrons. The number of aliphatic carboxylic acids is 1. The number of rotatable bonds is 37. The van der Waals surface area contributed by atoms with Crippen molar-refractivity contribution in [3.8, 4) is 28.4 Å². The summed E-state index contributed by atoms with van der Waals surface area (Å²) in [5, 5.41) is 27.1. The topological polar surface area (TPSA) is 235 Å². The van der Waals surface area contributed by atoms with E-state index in [-0.39, 0.29) is 36.7 Å². The molecule has 74 heavy (non-hydrogen) atoms. The number of aromatic nitrogens is 3. The van der Waals surface area contributed by atoms with Crippen LogP contribution < -0.4 is 41.6 Å². The second kappa shape index (κ2) is 30.3. The van der Waals surface area contributed by atoms with Gasteiger partial charge in [0.2, 0.25) is 17.7 Å². The molecule has 1 aromatic heterocycles. The third-order valence-corrected chi connectivity index (χ3v) is 13.6. The van der Waals surface area contributed by atoms with Crippen LogP contribution in [0.2, 0.25) is 0 Å². The summed E-state index contributed by atoms with van der Waals surface area (Å²) < 4.78 is 36.2. The van der Waals surface area contributed by atoms with Gasteiger partial charge < -0.3 is 51.2 Å². The summed E-state index contributed by atoms with van der Waals surface area (Å²) in [5.41, 5.74) is 13.8. The number of nitrogens with zero attached hydrogens (tertiary/aromatic N) is 4. The number of carbonyl (C=O) groups is 4. The summed E-state index contributed by atoms with van der Waals surface area (Å²) in [6, 6.07) is 17.9. The predicted octanol–water partition coefficient (Wildman–Crippen LogP) is 7.04. The number of carboxylic acid groups (broad SMARTS) is 1. The quantitative estimate of drug-likeness (QED) is 0.0197. The number of aryl methyl sites for hydroxylation is 1. The molecule has 5 rings (SSSR count). The number of nitrogens with two attached hydrogens (primary N) is 2. The molecule has 1 fully saturated rings. The molecule has 1 saturated carbocycles. The Balaban J connectivity index is 1.02. The number of hydrogen-bond donors (Lipinski definition) is 6. The highest BCUT2D eigenvalue weighted by molar-refractivity contribution is 5.77. The van der Waals surface area contributed by atoms with Gasteiger partial charge in [-0.15, -0.1) is 5.10 Å². The number of carbonyl (C=O) groups excluding carboxylic acids is 3. The van der Waals surface area contributed by atoms with Gasteiger partial charge in [-0.1, -0.05) is 68.0 Å². The van der Waals surface area contributed by atoms with Gasteiger partial charge in [0, 0.05) is 49.9 Å². The Labute approximate surface area is 437 Å². The molecule has 18 heteroatoms. The van der Waals surface area contributed by atoms with Gasteiger partial charge in [-0.25, -0.2) is 9.07 Å². The van der Waals surface area contributed by atoms with Crippen molar-refractivity contribution < 1.29 is 47.4 Å². The number of nitrogens with one attached hydrogen (secondary N) is 3. The number of halogens is 1. The van der Waals surface area contributed by atoms with Gasteiger partial charge in [-0.05, 0) is 105 Å². The lowest BCUT2D eigenvalue weighted by atomic mass is 9.91. The van der Waals surface area contributed by atoms with E-state index in [0.29, 0.717) is 117 Å². The molecule has 17 nitrogen and oxygen atoms in total. The molecule has 0 saturated heterocycles. The van der Waals surface area contributed by atoms with Crippen molar-refractivity contribution in [3.05, 3.63) is 89.5 Å². The van der Waals surface area contributed by atoms with Gasteiger partial charge in [0.15, 0.2) is 0 Å². The van der Waals surface area contributed by atoms with Crippen LogP contribution >= 0.6 is 0 Å². The Morgan fingerprint density at radius 3 is 2.09 bits per heavy atom. The second-order valence-electron chi connectivity index (χ2n) is 20.6. The fourth-order valence-electron chi connectivity index (χ4n) is 9.18. The van der Waals surface area contributed by atoms with Crippen LogP contribution in [0.1, 0.15) is 126 Å². The molecule has 1 aliphatic rings. The molecule has 0 aliphatic heterocycles. The zero-order valence-corrected chi connectivity index (χ0v) is 44.3. The predicted molar refractivity (Wildman–Crippen MR) is 284 cm³/mol. The Kier molecular flexibility index (Phi) is 24.1. The standard InChI is InChI=1S/C56H82FN9O8/c1-56(2,74-51-34-41(18-22-47(51)49-36-45(72-4)21-23-50(49)57)39-73-46-16-13-14-43(35-46)48(37-55(70)71)42-19-20-42)40-65-38-44(63-64-65)15-11-9-7-5-6-8-10-12-17-52(67)62-30-33-66(3,31-24-53(68)60-28-26-58)32-25-54(69)61-29-27-59/h13-14,16,18,21-23,34-36,38,42,48H,5-12,15,17,19-20,24-33,37,39-40,58-59H2,1-4H3,(H3-,60,61,62,67,68,69,70,71)/p+1/t48-/m0/s1. The normalized spacial score (nSPS) is 13.0. The molecule has 1 heterocycles. The minimum absolute atomic E-state index is 0.0200. The summed E-state index contributed by atoms with van der Waals surface area (Å²) >= 11 is 0. The zero-order chi connectivity index (χ0) is 53.4. The Morgan fingerprint density at radius 2 is 1.45 bits per heavy atom. The number of carboxylic acids is 1. The summed E-state index contributed by atoms with van der Waals surface area (Å²) in [7, 11) is 3.55. The number of ether oxygens (including phenoxy) is 3. The average molecular weight is 1030 g/mol. The maximum Gasteiger partial charge on any atom is 0.303 e. The number of amides is 3. The molecule has 3 amide bonds. The lowest BCUT2D eigenvalue weighted by Gasteiger charge is -2.34. The van der Waals surface area contributed by atoms with Gasteiger partial charge in [0.25, 0.3) is 0 Å². The van der Waals surface area contributed by atoms with Crippen LogP contribution in [0.5, 0.6) is 17.2 Å². The van der Waals surface area contributed by atoms with E-state index in [1.165, 1.54) is 6.07 Å². The van der Waals surface area contributed by atoms with E-state index in [0.717, 1.165) is 87.4 Å². The number of unbranched alkanes of at least 4 members (excludes halogenated alkanes) is 7. The number of benzene rings is 3. The summed E-state index contributed by atoms with van der Waals surface area (Å²) in [5.74, 6) is 0.621. The molecular weight excluding hydrogens is 946 g/mol. The Morgan fingerprint density at radius 1 is 0.797 bits per heavy atom. The lowest BCUT2D eigenvalue weighted by molar-refractivity contribution is -0.907. The molecule has 3 aromatic carbocycles. The Bertz CT molecular complexity index is 2370. The minimum Gasteiger partial charge on any atom is -0.497 e. The van der Waals surface area contributed by atoms with Crippen molar-refractivity contribution in [3.63, 3.8) is 0 Å². The molecule has 1 atom stereocenters. The Hall–Kier alpha value is -6.11. The zero-order valence-electron chi connectivity index (χ0n) is 44.3. The first-order valence-corrected chi connectivity index (χ1v) is 26.6. The summed E-state index contributed by atoms with van der Waals surface area (Å²) in [6.45, 7) is 8.28. The number of quaternary nitrogens is 1. The second-order valence-corrected chi connectivity index (χ2v) is 20.6. The van der Waals surface area contributed by atoms with Crippen LogP contribution in [0.4, 0.5) is 4.39 Å². The van der Waals surface area contributed by atoms with Crippen molar-refractivity contribution in [1.29, 1.82) is 0 Å². The molecular formula is C56H83FN9O8+. The van der Waals surface area contributed by atoms with Gasteiger partial charge in [0.1, 0.15) is 35.3 Å². The smallest absolute Gasteiger partial charge is 0.303 e. The van der Waals surface area contributed by atoms with Crippen LogP contribution in [0, 0.1) is 11.7 Å². The van der Waals surface area contributed by atoms with Crippen LogP contribution in [-0.4, -0.2) is 120 Å². The van der Waals surface area contributed by atoms with E-state index >= 15 is 4.39 Å². The highest BCUT2D eigenvalue weighted by atomic mass is 19.1. The van der Waals surface area contributed by atoms with Crippen LogP contribution in [0.15, 0.2) is 66.9 Å². The molecule has 0 bridgehead atoms. The van der Waals surface area contributed by atoms with Gasteiger partial charge in [0.05, 0.1) is 71.8 Å². The maximum absolute atomic E-state index is 15.5. The lowest BCUT2D eigenvalue weighted by Crippen LogP contribution is -2.52. The first-order valence-electron chi connectivity index (χ1n) is 26.6. The molecule has 4 aromatic rings. The van der Waals surface area contributed by atoms with Gasteiger partial charge in [-0.2, -0.15) is 0 Å². The fraction of sp³-hybridized carbons (Fsp3) is 0.571. The van der Waals surface area contributed by atoms with Crippen molar-refractivity contribution >= 4 is 23.7 Å². The summed E-state index contributed by atoms with van der Waals surface area (Å²) in [6.07, 6.45) is 14.4. The van der Waals surface area contributed by atoms with E-state index in [9.17, 15) is 24.3 Å². The largest absolute Gasteiger partial charge is 0.497 e. The van der Waals surface area contributed by atoms with Crippen molar-refractivity contribution in [2.24, 2.45) is 17.4 Å². The molecule has 0 unspecified atom stereocenters. The van der Waals surface area contributed by atoms with E-state index in [2.05, 4.69) is 26.3 Å². The van der Waals surface area contributed by atoms with Crippen molar-refractivity contribution in [2.45, 2.75) is 135 Å². The number of likely N-dealkylation sites (N-methyl/N-ethyl adjacent to an activating group) is 1. The summed E-state index contributed by atoms with van der Waals surface area (Å²) in [4.78, 5) is 48.8. The SMILES string of the molecule is COc1ccc(F)c(-c2ccc(COc3cccc([C@@H](CC(=O)O)C4CC4)c3)cc2OC(C)(C)Cn2cc(CCCCCCCCCCC(=O)NCC[N+](C)(CCC(=O)NCCN)CCC(=O)NCCN)nn2)c1. The van der Waals surface area contributed by atoms with E-state index in [1.54, 1.807) is 23.9 Å². The van der Waals surface area contributed by atoms with Crippen LogP contribution in [0.25, 0.3) is 11.1 Å². The number of methoxy groups -OCH3 is 1. The van der Waals surface area contributed by atoms with E-state index in [1.807, 2.05) is 69.6 Å². The first kappa shape index (κ1) is 58.8. The third kappa shape index (κ3) is 21.0. The molecule has 0 radical (unpaired) electrons. The van der Waals surface area contributed by atoms with Gasteiger partial charge >= 0.3 is 5.97 Å². The molecule has 8 N–H and O–H groups in total. The first-order chi connectivity index (χ1) is 35.6. The minimum atomic E-state index is -0.806. The maximum atomic E-state index is 15.5. The highest BCUT2D eigenvalue weighted by Crippen LogP contribution is 2.45. The monoisotopic (exact) mass is 1030 g/mol.